The van der Waals surface area contributed by atoms with Crippen molar-refractivity contribution in [2.75, 3.05) is 10.6 Å². The number of nitrogens with zero attached hydrogens (tertiary/aromatic N) is 4. The van der Waals surface area contributed by atoms with Gasteiger partial charge in [0.2, 0.25) is 5.95 Å². The molecule has 0 aliphatic rings. The van der Waals surface area contributed by atoms with Gasteiger partial charge in [-0.3, -0.25) is 4.72 Å². The normalized spacial score (nSPS) is 11.1. The lowest BCUT2D eigenvalue weighted by molar-refractivity contribution is 0.589. The number of sulfonamides is 1. The molecule has 2 aromatic carbocycles. The molecule has 34 heavy (non-hydrogen) atoms. The second kappa shape index (κ2) is 9.75. The molecule has 0 amide bonds. The van der Waals surface area contributed by atoms with Crippen molar-refractivity contribution in [2.24, 2.45) is 0 Å². The van der Waals surface area contributed by atoms with E-state index in [1.807, 2.05) is 42.0 Å². The SMILES string of the molecule is C=C(C)NS(=O)(=O)c1cccc(Nc2nc(Nc3ccc(Cn4ccnc4)cc3)ncc2C)c1. The van der Waals surface area contributed by atoms with E-state index < -0.39 is 10.0 Å². The summed E-state index contributed by atoms with van der Waals surface area (Å²) in [5, 5.41) is 6.39. The predicted molar refractivity (Wildman–Crippen MR) is 133 cm³/mol. The zero-order chi connectivity index (χ0) is 24.1. The van der Waals surface area contributed by atoms with E-state index in [9.17, 15) is 8.42 Å². The van der Waals surface area contributed by atoms with Gasteiger partial charge in [0.05, 0.1) is 11.2 Å². The molecule has 4 rings (SSSR count). The summed E-state index contributed by atoms with van der Waals surface area (Å²) in [6, 6.07) is 14.5. The lowest BCUT2D eigenvalue weighted by atomic mass is 10.2. The van der Waals surface area contributed by atoms with Crippen LogP contribution in [0.1, 0.15) is 18.1 Å². The summed E-state index contributed by atoms with van der Waals surface area (Å²) in [5.74, 6) is 0.986. The summed E-state index contributed by atoms with van der Waals surface area (Å²) in [6.07, 6.45) is 7.16. The second-order valence-corrected chi connectivity index (χ2v) is 9.50. The van der Waals surface area contributed by atoms with Gasteiger partial charge < -0.3 is 15.2 Å². The number of allylic oxidation sites excluding steroid dienone is 1. The molecule has 0 saturated heterocycles. The number of anilines is 4. The van der Waals surface area contributed by atoms with E-state index in [0.29, 0.717) is 23.2 Å². The highest BCUT2D eigenvalue weighted by Gasteiger charge is 2.14. The molecule has 0 radical (unpaired) electrons. The monoisotopic (exact) mass is 475 g/mol. The fraction of sp³-hybridized carbons (Fsp3) is 0.125. The van der Waals surface area contributed by atoms with Crippen molar-refractivity contribution in [3.05, 3.63) is 96.9 Å². The number of rotatable bonds is 9. The number of benzene rings is 2. The molecule has 10 heteroatoms. The molecule has 2 aromatic heterocycles. The molecular formula is C24H25N7O2S. The zero-order valence-corrected chi connectivity index (χ0v) is 19.7. The summed E-state index contributed by atoms with van der Waals surface area (Å²) in [7, 11) is -3.69. The van der Waals surface area contributed by atoms with Crippen LogP contribution in [0.5, 0.6) is 0 Å². The molecule has 0 unspecified atom stereocenters. The summed E-state index contributed by atoms with van der Waals surface area (Å²) in [6.45, 7) is 7.81. The van der Waals surface area contributed by atoms with Crippen LogP contribution in [0.2, 0.25) is 0 Å². The number of imidazole rings is 1. The molecule has 0 aliphatic heterocycles. The van der Waals surface area contributed by atoms with Gasteiger partial charge in [-0.25, -0.2) is 18.4 Å². The number of hydrogen-bond donors (Lipinski definition) is 3. The highest BCUT2D eigenvalue weighted by Crippen LogP contribution is 2.23. The van der Waals surface area contributed by atoms with E-state index in [0.717, 1.165) is 23.4 Å². The van der Waals surface area contributed by atoms with Gasteiger partial charge in [0.25, 0.3) is 10.0 Å². The molecule has 0 fully saturated rings. The van der Waals surface area contributed by atoms with Crippen molar-refractivity contribution < 1.29 is 8.42 Å². The fourth-order valence-electron chi connectivity index (χ4n) is 3.21. The minimum atomic E-state index is -3.69. The van der Waals surface area contributed by atoms with Crippen molar-refractivity contribution in [1.29, 1.82) is 0 Å². The summed E-state index contributed by atoms with van der Waals surface area (Å²) in [4.78, 5) is 13.1. The molecule has 174 valence electrons. The molecule has 0 saturated carbocycles. The Hall–Kier alpha value is -4.18. The lowest BCUT2D eigenvalue weighted by Crippen LogP contribution is -2.21. The molecule has 0 bridgehead atoms. The minimum Gasteiger partial charge on any atom is -0.340 e. The largest absolute Gasteiger partial charge is 0.340 e. The van der Waals surface area contributed by atoms with Crippen LogP contribution in [0, 0.1) is 6.92 Å². The molecule has 0 aliphatic carbocycles. The Morgan fingerprint density at radius 1 is 1.09 bits per heavy atom. The van der Waals surface area contributed by atoms with Gasteiger partial charge in [-0.1, -0.05) is 24.8 Å². The molecule has 0 spiro atoms. The Labute approximate surface area is 198 Å². The maximum atomic E-state index is 12.4. The van der Waals surface area contributed by atoms with Crippen LogP contribution >= 0.6 is 0 Å². The Morgan fingerprint density at radius 3 is 2.59 bits per heavy atom. The van der Waals surface area contributed by atoms with E-state index in [-0.39, 0.29) is 4.90 Å². The van der Waals surface area contributed by atoms with E-state index in [2.05, 4.69) is 36.9 Å². The quantitative estimate of drug-likeness (QED) is 0.330. The van der Waals surface area contributed by atoms with E-state index in [1.54, 1.807) is 43.8 Å². The van der Waals surface area contributed by atoms with Gasteiger partial charge in [0.15, 0.2) is 0 Å². The smallest absolute Gasteiger partial charge is 0.261 e. The Kier molecular flexibility index (Phi) is 6.60. The molecule has 0 atom stereocenters. The minimum absolute atomic E-state index is 0.126. The Bertz CT molecular complexity index is 1400. The maximum absolute atomic E-state index is 12.4. The van der Waals surface area contributed by atoms with Crippen LogP contribution in [-0.4, -0.2) is 27.9 Å². The van der Waals surface area contributed by atoms with Gasteiger partial charge in [-0.15, -0.1) is 0 Å². The van der Waals surface area contributed by atoms with E-state index in [4.69, 9.17) is 0 Å². The van der Waals surface area contributed by atoms with Gasteiger partial charge in [-0.2, -0.15) is 4.98 Å². The first-order chi connectivity index (χ1) is 16.3. The van der Waals surface area contributed by atoms with Crippen molar-refractivity contribution in [3.63, 3.8) is 0 Å². The zero-order valence-electron chi connectivity index (χ0n) is 18.9. The van der Waals surface area contributed by atoms with E-state index >= 15 is 0 Å². The van der Waals surface area contributed by atoms with Gasteiger partial charge in [0.1, 0.15) is 5.82 Å². The summed E-state index contributed by atoms with van der Waals surface area (Å²) < 4.78 is 29.3. The number of aromatic nitrogens is 4. The van der Waals surface area contributed by atoms with Crippen LogP contribution in [0.15, 0.2) is 90.6 Å². The highest BCUT2D eigenvalue weighted by molar-refractivity contribution is 7.89. The summed E-state index contributed by atoms with van der Waals surface area (Å²) >= 11 is 0. The van der Waals surface area contributed by atoms with Crippen molar-refractivity contribution in [3.8, 4) is 0 Å². The van der Waals surface area contributed by atoms with Crippen molar-refractivity contribution in [1.82, 2.24) is 24.2 Å². The third-order valence-corrected chi connectivity index (χ3v) is 6.31. The standard InChI is InChI=1S/C24H25N7O2S/c1-17(2)30-34(32,33)22-6-4-5-21(13-22)27-23-18(3)14-26-24(29-23)28-20-9-7-19(8-10-20)15-31-12-11-25-16-31/h4-14,16,30H,1,15H2,2-3H3,(H2,26,27,28,29). The average molecular weight is 476 g/mol. The first kappa shape index (κ1) is 23.0. The Morgan fingerprint density at radius 2 is 1.88 bits per heavy atom. The van der Waals surface area contributed by atoms with E-state index in [1.165, 1.54) is 6.07 Å². The lowest BCUT2D eigenvalue weighted by Gasteiger charge is -2.13. The molecular weight excluding hydrogens is 450 g/mol. The van der Waals surface area contributed by atoms with Crippen LogP contribution in [0.3, 0.4) is 0 Å². The first-order valence-electron chi connectivity index (χ1n) is 10.5. The molecule has 4 aromatic rings. The maximum Gasteiger partial charge on any atom is 0.261 e. The van der Waals surface area contributed by atoms with Gasteiger partial charge in [0, 0.05) is 47.8 Å². The van der Waals surface area contributed by atoms with Crippen molar-refractivity contribution >= 4 is 33.2 Å². The number of hydrogen-bond acceptors (Lipinski definition) is 7. The van der Waals surface area contributed by atoms with Crippen LogP contribution in [0.4, 0.5) is 23.1 Å². The topological polar surface area (TPSA) is 114 Å². The third kappa shape index (κ3) is 5.78. The number of nitrogens with one attached hydrogen (secondary N) is 3. The van der Waals surface area contributed by atoms with Crippen molar-refractivity contribution in [2.45, 2.75) is 25.3 Å². The fourth-order valence-corrected chi connectivity index (χ4v) is 4.32. The first-order valence-corrected chi connectivity index (χ1v) is 12.0. The van der Waals surface area contributed by atoms with Gasteiger partial charge in [-0.05, 0) is 49.7 Å². The Balaban J connectivity index is 1.48. The van der Waals surface area contributed by atoms with Crippen LogP contribution in [-0.2, 0) is 16.6 Å². The summed E-state index contributed by atoms with van der Waals surface area (Å²) in [5.41, 5.74) is 3.74. The molecule has 2 heterocycles. The number of aryl methyl sites for hydroxylation is 1. The van der Waals surface area contributed by atoms with Gasteiger partial charge >= 0.3 is 0 Å². The highest BCUT2D eigenvalue weighted by atomic mass is 32.2. The van der Waals surface area contributed by atoms with Crippen LogP contribution < -0.4 is 15.4 Å². The average Bonchev–Trinajstić information content (AvgIpc) is 3.30. The molecule has 3 N–H and O–H groups in total. The second-order valence-electron chi connectivity index (χ2n) is 7.82. The van der Waals surface area contributed by atoms with Crippen LogP contribution in [0.25, 0.3) is 0 Å². The predicted octanol–water partition coefficient (Wildman–Crippen LogP) is 4.33. The third-order valence-electron chi connectivity index (χ3n) is 4.82. The molecule has 9 nitrogen and oxygen atoms in total.